The van der Waals surface area contributed by atoms with E-state index < -0.39 is 5.97 Å². The first-order valence-electron chi connectivity index (χ1n) is 10.2. The van der Waals surface area contributed by atoms with Crippen LogP contribution in [0.1, 0.15) is 32.2 Å². The number of nitrogens with one attached hydrogen (secondary N) is 2. The van der Waals surface area contributed by atoms with Crippen LogP contribution in [0.4, 0.5) is 11.4 Å². The maximum Gasteiger partial charge on any atom is 0.349 e. The first kappa shape index (κ1) is 23.2. The molecule has 0 bridgehead atoms. The Balaban J connectivity index is 1.49. The number of hydrogen-bond donors (Lipinski definition) is 2. The number of carbonyl (C=O) groups is 1. The SMILES string of the molecule is COC(=O)c1sc2cc(NC(=S)Nc3c(C)nn(Cc4ccc(C)cc4)c3C)ccc2c1Cl. The maximum absolute atomic E-state index is 11.9. The van der Waals surface area contributed by atoms with Gasteiger partial charge in [0.25, 0.3) is 0 Å². The maximum atomic E-state index is 11.9. The molecule has 0 aliphatic carbocycles. The van der Waals surface area contributed by atoms with Crippen LogP contribution in [-0.4, -0.2) is 28.0 Å². The summed E-state index contributed by atoms with van der Waals surface area (Å²) in [5, 5.41) is 12.8. The molecule has 2 aromatic heterocycles. The van der Waals surface area contributed by atoms with Gasteiger partial charge in [-0.15, -0.1) is 11.3 Å². The Hall–Kier alpha value is -2.94. The highest BCUT2D eigenvalue weighted by atomic mass is 35.5. The molecule has 2 heterocycles. The standard InChI is InChI=1S/C24H23ClN4O2S2/c1-13-5-7-16(8-6-13)12-29-15(3)21(14(2)28-29)27-24(32)26-17-9-10-18-19(11-17)33-22(20(18)25)23(30)31-4/h5-11H,12H2,1-4H3,(H2,26,27,32). The lowest BCUT2D eigenvalue weighted by Gasteiger charge is -2.11. The molecule has 4 aromatic rings. The molecule has 0 aliphatic heterocycles. The Kier molecular flexibility index (Phi) is 6.69. The van der Waals surface area contributed by atoms with Crippen LogP contribution >= 0.6 is 35.2 Å². The van der Waals surface area contributed by atoms with E-state index in [1.54, 1.807) is 0 Å². The number of halogens is 1. The van der Waals surface area contributed by atoms with Crippen LogP contribution in [0, 0.1) is 20.8 Å². The van der Waals surface area contributed by atoms with Gasteiger partial charge in [0, 0.05) is 15.8 Å². The number of benzene rings is 2. The van der Waals surface area contributed by atoms with Crippen molar-refractivity contribution in [1.82, 2.24) is 9.78 Å². The van der Waals surface area contributed by atoms with Crippen molar-refractivity contribution in [1.29, 1.82) is 0 Å². The summed E-state index contributed by atoms with van der Waals surface area (Å²) in [4.78, 5) is 12.3. The molecule has 0 aliphatic rings. The second-order valence-electron chi connectivity index (χ2n) is 7.72. The van der Waals surface area contributed by atoms with E-state index in [0.717, 1.165) is 32.8 Å². The predicted octanol–water partition coefficient (Wildman–Crippen LogP) is 6.32. The average Bonchev–Trinajstić information content (AvgIpc) is 3.25. The van der Waals surface area contributed by atoms with Gasteiger partial charge < -0.3 is 15.4 Å². The molecule has 4 rings (SSSR count). The third-order valence-corrected chi connectivity index (χ3v) is 7.17. The first-order chi connectivity index (χ1) is 15.8. The monoisotopic (exact) mass is 498 g/mol. The number of thiophene rings is 1. The van der Waals surface area contributed by atoms with Gasteiger partial charge in [-0.25, -0.2) is 4.79 Å². The molecule has 0 radical (unpaired) electrons. The highest BCUT2D eigenvalue weighted by Crippen LogP contribution is 2.37. The number of aryl methyl sites for hydroxylation is 2. The van der Waals surface area contributed by atoms with Crippen molar-refractivity contribution in [2.75, 3.05) is 17.7 Å². The molecule has 6 nitrogen and oxygen atoms in total. The van der Waals surface area contributed by atoms with Crippen LogP contribution in [0.25, 0.3) is 10.1 Å². The fraction of sp³-hybridized carbons (Fsp3) is 0.208. The lowest BCUT2D eigenvalue weighted by Crippen LogP contribution is -2.20. The highest BCUT2D eigenvalue weighted by molar-refractivity contribution is 7.80. The third-order valence-electron chi connectivity index (χ3n) is 5.33. The molecule has 0 amide bonds. The van der Waals surface area contributed by atoms with Gasteiger partial charge in [0.15, 0.2) is 5.11 Å². The number of carbonyl (C=O) groups excluding carboxylic acids is 1. The number of anilines is 2. The van der Waals surface area contributed by atoms with Crippen LogP contribution < -0.4 is 10.6 Å². The summed E-state index contributed by atoms with van der Waals surface area (Å²) in [5.74, 6) is -0.443. The van der Waals surface area contributed by atoms with Crippen LogP contribution in [0.5, 0.6) is 0 Å². The topological polar surface area (TPSA) is 68.2 Å². The number of rotatable bonds is 5. The first-order valence-corrected chi connectivity index (χ1v) is 11.8. The molecule has 33 heavy (non-hydrogen) atoms. The minimum atomic E-state index is -0.443. The number of nitrogens with zero attached hydrogens (tertiary/aromatic N) is 2. The van der Waals surface area contributed by atoms with E-state index in [2.05, 4.69) is 46.9 Å². The van der Waals surface area contributed by atoms with Crippen LogP contribution in [0.2, 0.25) is 5.02 Å². The lowest BCUT2D eigenvalue weighted by molar-refractivity contribution is 0.0606. The minimum Gasteiger partial charge on any atom is -0.465 e. The highest BCUT2D eigenvalue weighted by Gasteiger charge is 2.18. The number of aromatic nitrogens is 2. The Morgan fingerprint density at radius 3 is 2.58 bits per heavy atom. The molecule has 0 fully saturated rings. The summed E-state index contributed by atoms with van der Waals surface area (Å²) in [6, 6.07) is 14.1. The predicted molar refractivity (Wildman–Crippen MR) is 140 cm³/mol. The Morgan fingerprint density at radius 2 is 1.88 bits per heavy atom. The van der Waals surface area contributed by atoms with Gasteiger partial charge in [0.05, 0.1) is 35.8 Å². The summed E-state index contributed by atoms with van der Waals surface area (Å²) < 4.78 is 7.65. The minimum absolute atomic E-state index is 0.388. The Labute approximate surface area is 206 Å². The number of thiocarbonyl (C=S) groups is 1. The molecule has 2 aromatic carbocycles. The van der Waals surface area contributed by atoms with E-state index in [1.165, 1.54) is 29.6 Å². The molecule has 0 atom stereocenters. The molecular weight excluding hydrogens is 476 g/mol. The zero-order valence-electron chi connectivity index (χ0n) is 18.7. The van der Waals surface area contributed by atoms with Gasteiger partial charge in [-0.3, -0.25) is 4.68 Å². The van der Waals surface area contributed by atoms with Crippen molar-refractivity contribution in [3.05, 3.63) is 74.9 Å². The van der Waals surface area contributed by atoms with E-state index in [-0.39, 0.29) is 0 Å². The summed E-state index contributed by atoms with van der Waals surface area (Å²) in [6.07, 6.45) is 0. The number of hydrogen-bond acceptors (Lipinski definition) is 5. The van der Waals surface area contributed by atoms with E-state index in [4.69, 9.17) is 28.6 Å². The zero-order chi connectivity index (χ0) is 23.7. The molecule has 0 unspecified atom stereocenters. The van der Waals surface area contributed by atoms with Gasteiger partial charge in [-0.1, -0.05) is 41.4 Å². The number of ether oxygens (including phenoxy) is 1. The molecule has 0 spiro atoms. The van der Waals surface area contributed by atoms with E-state index in [9.17, 15) is 4.79 Å². The molecule has 0 saturated heterocycles. The van der Waals surface area contributed by atoms with Gasteiger partial charge in [-0.05, 0) is 56.8 Å². The largest absolute Gasteiger partial charge is 0.465 e. The fourth-order valence-corrected chi connectivity index (χ4v) is 5.23. The van der Waals surface area contributed by atoms with Gasteiger partial charge >= 0.3 is 5.97 Å². The summed E-state index contributed by atoms with van der Waals surface area (Å²) in [5.41, 5.74) is 5.96. The van der Waals surface area contributed by atoms with Crippen molar-refractivity contribution in [2.24, 2.45) is 0 Å². The van der Waals surface area contributed by atoms with Crippen molar-refractivity contribution < 1.29 is 9.53 Å². The van der Waals surface area contributed by atoms with Crippen molar-refractivity contribution in [3.63, 3.8) is 0 Å². The van der Waals surface area contributed by atoms with Crippen molar-refractivity contribution in [3.8, 4) is 0 Å². The second kappa shape index (κ2) is 9.51. The Bertz CT molecular complexity index is 1360. The van der Waals surface area contributed by atoms with Crippen molar-refractivity contribution >= 4 is 67.7 Å². The van der Waals surface area contributed by atoms with E-state index in [0.29, 0.717) is 21.6 Å². The van der Waals surface area contributed by atoms with Gasteiger partial charge in [0.1, 0.15) is 4.88 Å². The smallest absolute Gasteiger partial charge is 0.349 e. The van der Waals surface area contributed by atoms with E-state index in [1.807, 2.05) is 36.7 Å². The van der Waals surface area contributed by atoms with Gasteiger partial charge in [-0.2, -0.15) is 5.10 Å². The molecule has 9 heteroatoms. The lowest BCUT2D eigenvalue weighted by atomic mass is 10.1. The number of methoxy groups -OCH3 is 1. The van der Waals surface area contributed by atoms with Crippen LogP contribution in [0.3, 0.4) is 0 Å². The molecular formula is C24H23ClN4O2S2. The molecule has 2 N–H and O–H groups in total. The number of fused-ring (bicyclic) bond motifs is 1. The quantitative estimate of drug-likeness (QED) is 0.248. The zero-order valence-corrected chi connectivity index (χ0v) is 21.0. The van der Waals surface area contributed by atoms with E-state index >= 15 is 0 Å². The van der Waals surface area contributed by atoms with Crippen LogP contribution in [-0.2, 0) is 11.3 Å². The van der Waals surface area contributed by atoms with Crippen molar-refractivity contribution in [2.45, 2.75) is 27.3 Å². The Morgan fingerprint density at radius 1 is 1.15 bits per heavy atom. The fourth-order valence-electron chi connectivity index (χ4n) is 3.54. The third kappa shape index (κ3) is 4.88. The summed E-state index contributed by atoms with van der Waals surface area (Å²) in [7, 11) is 1.34. The summed E-state index contributed by atoms with van der Waals surface area (Å²) in [6.45, 7) is 6.74. The summed E-state index contributed by atoms with van der Waals surface area (Å²) >= 11 is 13.2. The number of esters is 1. The average molecular weight is 499 g/mol. The normalized spacial score (nSPS) is 10.9. The van der Waals surface area contributed by atoms with Crippen LogP contribution in [0.15, 0.2) is 42.5 Å². The molecule has 0 saturated carbocycles. The van der Waals surface area contributed by atoms with Gasteiger partial charge in [0.2, 0.25) is 0 Å². The molecule has 170 valence electrons. The second-order valence-corrected chi connectivity index (χ2v) is 9.55.